The highest BCUT2D eigenvalue weighted by Gasteiger charge is 2.20. The molecule has 0 atom stereocenters. The standard InChI is InChI=1S/C12H18N8O/c1-9-6-11(20-12(16-9)14-8-15-20)19-4-2-18(3-5-19)7-10(13)17-21/h6,8,21H,2-5,7H2,1H3,(H2,13,17). The molecule has 0 radical (unpaired) electrons. The highest BCUT2D eigenvalue weighted by molar-refractivity contribution is 5.81. The van der Waals surface area contributed by atoms with Gasteiger partial charge in [0.1, 0.15) is 12.1 Å². The van der Waals surface area contributed by atoms with E-state index in [1.165, 1.54) is 6.33 Å². The van der Waals surface area contributed by atoms with E-state index in [1.54, 1.807) is 4.52 Å². The SMILES string of the molecule is Cc1cc(N2CCN(CC(N)=NO)CC2)n2ncnc2n1. The molecule has 0 unspecified atom stereocenters. The molecule has 3 heterocycles. The van der Waals surface area contributed by atoms with Crippen molar-refractivity contribution < 1.29 is 5.21 Å². The number of nitrogens with two attached hydrogens (primary N) is 1. The molecule has 0 saturated carbocycles. The van der Waals surface area contributed by atoms with Crippen molar-refractivity contribution in [2.24, 2.45) is 10.9 Å². The molecule has 1 aliphatic heterocycles. The molecule has 0 bridgehead atoms. The van der Waals surface area contributed by atoms with Gasteiger partial charge in [-0.25, -0.2) is 4.98 Å². The lowest BCUT2D eigenvalue weighted by molar-refractivity contribution is 0.278. The third-order valence-electron chi connectivity index (χ3n) is 3.57. The molecular formula is C12H18N8O. The minimum absolute atomic E-state index is 0.238. The van der Waals surface area contributed by atoms with E-state index in [1.807, 2.05) is 13.0 Å². The van der Waals surface area contributed by atoms with E-state index in [4.69, 9.17) is 10.9 Å². The van der Waals surface area contributed by atoms with E-state index in [-0.39, 0.29) is 5.84 Å². The van der Waals surface area contributed by atoms with Gasteiger partial charge in [0.15, 0.2) is 5.84 Å². The summed E-state index contributed by atoms with van der Waals surface area (Å²) in [4.78, 5) is 12.9. The van der Waals surface area contributed by atoms with Crippen molar-refractivity contribution in [3.63, 3.8) is 0 Å². The third-order valence-corrected chi connectivity index (χ3v) is 3.57. The summed E-state index contributed by atoms with van der Waals surface area (Å²) in [5.41, 5.74) is 6.46. The zero-order valence-corrected chi connectivity index (χ0v) is 11.8. The first-order chi connectivity index (χ1) is 10.2. The van der Waals surface area contributed by atoms with Crippen molar-refractivity contribution in [2.45, 2.75) is 6.92 Å². The van der Waals surface area contributed by atoms with Gasteiger partial charge in [-0.05, 0) is 6.92 Å². The Morgan fingerprint density at radius 2 is 2.14 bits per heavy atom. The van der Waals surface area contributed by atoms with Crippen LogP contribution in [0.5, 0.6) is 0 Å². The Labute approximate surface area is 121 Å². The number of oxime groups is 1. The summed E-state index contributed by atoms with van der Waals surface area (Å²) in [7, 11) is 0. The fourth-order valence-electron chi connectivity index (χ4n) is 2.53. The van der Waals surface area contributed by atoms with Crippen LogP contribution in [-0.2, 0) is 0 Å². The molecule has 0 amide bonds. The summed E-state index contributed by atoms with van der Waals surface area (Å²) in [6.45, 7) is 5.81. The fourth-order valence-corrected chi connectivity index (χ4v) is 2.53. The van der Waals surface area contributed by atoms with Gasteiger partial charge >= 0.3 is 0 Å². The number of aromatic nitrogens is 4. The fraction of sp³-hybridized carbons (Fsp3) is 0.500. The number of amidine groups is 1. The van der Waals surface area contributed by atoms with Gasteiger partial charge in [0.05, 0.1) is 6.54 Å². The number of nitrogens with zero attached hydrogens (tertiary/aromatic N) is 7. The first-order valence-electron chi connectivity index (χ1n) is 6.78. The quantitative estimate of drug-likeness (QED) is 0.333. The van der Waals surface area contributed by atoms with Gasteiger partial charge in [-0.15, -0.1) is 0 Å². The molecule has 0 aliphatic carbocycles. The van der Waals surface area contributed by atoms with Crippen molar-refractivity contribution in [3.8, 4) is 0 Å². The van der Waals surface area contributed by atoms with Crippen LogP contribution in [0.25, 0.3) is 5.78 Å². The molecule has 2 aromatic rings. The number of rotatable bonds is 3. The second-order valence-electron chi connectivity index (χ2n) is 5.08. The summed E-state index contributed by atoms with van der Waals surface area (Å²) in [6, 6.07) is 2.01. The maximum atomic E-state index is 8.62. The van der Waals surface area contributed by atoms with Crippen LogP contribution >= 0.6 is 0 Å². The van der Waals surface area contributed by atoms with Gasteiger partial charge in [-0.3, -0.25) is 4.90 Å². The minimum atomic E-state index is 0.238. The van der Waals surface area contributed by atoms with E-state index in [2.05, 4.69) is 30.0 Å². The zero-order chi connectivity index (χ0) is 14.8. The highest BCUT2D eigenvalue weighted by Crippen LogP contribution is 2.17. The average Bonchev–Trinajstić information content (AvgIpc) is 2.95. The van der Waals surface area contributed by atoms with Crippen LogP contribution in [0.15, 0.2) is 17.5 Å². The van der Waals surface area contributed by atoms with Gasteiger partial charge in [0, 0.05) is 37.9 Å². The minimum Gasteiger partial charge on any atom is -0.409 e. The van der Waals surface area contributed by atoms with E-state index in [0.29, 0.717) is 12.3 Å². The lowest BCUT2D eigenvalue weighted by atomic mass is 10.3. The van der Waals surface area contributed by atoms with Crippen LogP contribution in [0, 0.1) is 6.92 Å². The second kappa shape index (κ2) is 5.52. The van der Waals surface area contributed by atoms with Crippen LogP contribution in [0.1, 0.15) is 5.69 Å². The molecule has 9 nitrogen and oxygen atoms in total. The Kier molecular flexibility index (Phi) is 3.57. The summed E-state index contributed by atoms with van der Waals surface area (Å²) in [5, 5.41) is 15.9. The molecule has 1 aliphatic rings. The van der Waals surface area contributed by atoms with Gasteiger partial charge in [-0.2, -0.15) is 14.6 Å². The third kappa shape index (κ3) is 2.72. The molecule has 2 aromatic heterocycles. The van der Waals surface area contributed by atoms with E-state index in [9.17, 15) is 0 Å². The summed E-state index contributed by atoms with van der Waals surface area (Å²) in [6.07, 6.45) is 1.51. The number of aryl methyl sites for hydroxylation is 1. The van der Waals surface area contributed by atoms with Crippen molar-refractivity contribution in [2.75, 3.05) is 37.6 Å². The molecule has 1 fully saturated rings. The van der Waals surface area contributed by atoms with E-state index in [0.717, 1.165) is 37.7 Å². The number of fused-ring (bicyclic) bond motifs is 1. The highest BCUT2D eigenvalue weighted by atomic mass is 16.4. The van der Waals surface area contributed by atoms with Gasteiger partial charge in [0.25, 0.3) is 5.78 Å². The Bertz CT molecular complexity index is 658. The first-order valence-corrected chi connectivity index (χ1v) is 6.78. The molecular weight excluding hydrogens is 272 g/mol. The van der Waals surface area contributed by atoms with Crippen LogP contribution in [-0.4, -0.2) is 68.2 Å². The average molecular weight is 290 g/mol. The number of piperazine rings is 1. The predicted molar refractivity (Wildman–Crippen MR) is 77.6 cm³/mol. The van der Waals surface area contributed by atoms with Crippen LogP contribution in [0.4, 0.5) is 5.82 Å². The summed E-state index contributed by atoms with van der Waals surface area (Å²) >= 11 is 0. The summed E-state index contributed by atoms with van der Waals surface area (Å²) < 4.78 is 1.76. The van der Waals surface area contributed by atoms with Crippen LogP contribution in [0.3, 0.4) is 0 Å². The summed E-state index contributed by atoms with van der Waals surface area (Å²) in [5.74, 6) is 1.85. The lowest BCUT2D eigenvalue weighted by Crippen LogP contribution is -2.49. The Morgan fingerprint density at radius 3 is 2.86 bits per heavy atom. The number of anilines is 1. The molecule has 1 saturated heterocycles. The Balaban J connectivity index is 1.75. The van der Waals surface area contributed by atoms with Gasteiger partial charge < -0.3 is 15.8 Å². The van der Waals surface area contributed by atoms with E-state index < -0.39 is 0 Å². The monoisotopic (exact) mass is 290 g/mol. The largest absolute Gasteiger partial charge is 0.409 e. The van der Waals surface area contributed by atoms with E-state index >= 15 is 0 Å². The molecule has 3 N–H and O–H groups in total. The second-order valence-corrected chi connectivity index (χ2v) is 5.08. The molecule has 0 spiro atoms. The molecule has 3 rings (SSSR count). The Hall–Kier alpha value is -2.42. The Morgan fingerprint density at radius 1 is 1.38 bits per heavy atom. The maximum absolute atomic E-state index is 8.62. The van der Waals surface area contributed by atoms with Gasteiger partial charge in [-0.1, -0.05) is 5.16 Å². The van der Waals surface area contributed by atoms with Crippen molar-refractivity contribution in [3.05, 3.63) is 18.1 Å². The predicted octanol–water partition coefficient (Wildman–Crippen LogP) is -0.699. The topological polar surface area (TPSA) is 108 Å². The van der Waals surface area contributed by atoms with Crippen molar-refractivity contribution >= 4 is 17.4 Å². The smallest absolute Gasteiger partial charge is 0.254 e. The molecule has 9 heteroatoms. The lowest BCUT2D eigenvalue weighted by Gasteiger charge is -2.35. The zero-order valence-electron chi connectivity index (χ0n) is 11.8. The van der Waals surface area contributed by atoms with Crippen LogP contribution < -0.4 is 10.6 Å². The van der Waals surface area contributed by atoms with Gasteiger partial charge in [0.2, 0.25) is 0 Å². The number of hydrogen-bond acceptors (Lipinski definition) is 7. The van der Waals surface area contributed by atoms with Crippen molar-refractivity contribution in [1.29, 1.82) is 0 Å². The first kappa shape index (κ1) is 13.6. The normalized spacial score (nSPS) is 17.6. The number of hydrogen-bond donors (Lipinski definition) is 2. The molecule has 21 heavy (non-hydrogen) atoms. The van der Waals surface area contributed by atoms with Crippen LogP contribution in [0.2, 0.25) is 0 Å². The molecule has 0 aromatic carbocycles. The molecule has 112 valence electrons. The van der Waals surface area contributed by atoms with Crippen molar-refractivity contribution in [1.82, 2.24) is 24.5 Å². The maximum Gasteiger partial charge on any atom is 0.254 e.